The van der Waals surface area contributed by atoms with E-state index in [1.54, 1.807) is 24.3 Å². The van der Waals surface area contributed by atoms with Crippen LogP contribution in [0.1, 0.15) is 107 Å². The van der Waals surface area contributed by atoms with Gasteiger partial charge in [0, 0.05) is 5.56 Å². The van der Waals surface area contributed by atoms with Gasteiger partial charge >= 0.3 is 0 Å². The molecule has 0 saturated carbocycles. The largest absolute Gasteiger partial charge is 0.494 e. The zero-order valence-corrected chi connectivity index (χ0v) is 36.7. The van der Waals surface area contributed by atoms with Gasteiger partial charge in [-0.15, -0.1) is 0 Å². The van der Waals surface area contributed by atoms with Crippen molar-refractivity contribution in [3.8, 4) is 5.75 Å². The highest BCUT2D eigenvalue weighted by molar-refractivity contribution is 5.94. The molecule has 1 rings (SSSR count). The van der Waals surface area contributed by atoms with Gasteiger partial charge in [-0.25, -0.2) is 0 Å². The Kier molecular flexibility index (Phi) is 36.9. The Hall–Kier alpha value is -2.07. The molecule has 1 amide bonds. The van der Waals surface area contributed by atoms with Crippen molar-refractivity contribution >= 4 is 5.91 Å². The molecule has 0 bridgehead atoms. The van der Waals surface area contributed by atoms with E-state index in [1.807, 2.05) is 0 Å². The Balaban J connectivity index is 2.81. The lowest BCUT2D eigenvalue weighted by Crippen LogP contribution is -2.45. The highest BCUT2D eigenvalue weighted by atomic mass is 16.6. The molecule has 0 spiro atoms. The average Bonchev–Trinajstić information content (AvgIpc) is 3.27. The molecule has 0 radical (unpaired) electrons. The number of hydrogen-bond donors (Lipinski definition) is 9. The second-order valence-corrected chi connectivity index (χ2v) is 15.5. The summed E-state index contributed by atoms with van der Waals surface area (Å²) in [5, 5.41) is 78.4. The standard InChI is InChI=1S/C44H81NO16/c1-2-3-4-5-6-7-8-9-10-11-12-13-14-15-20-59-41-18-16-35(17-19-41)44(54)45-36(25-60-42(31-55-27-37(50)21-46)32-56-28-38(51)22-47)26-61-43(33-57-29-39(52)23-48)34-58-30-40(53)24-49/h16-19,36-40,42-43,46-53H,2-15,20-34H2,1H3,(H,45,54). The fraction of sp³-hybridized carbons (Fsp3) is 0.841. The zero-order chi connectivity index (χ0) is 44.8. The molecule has 1 aromatic carbocycles. The molecule has 1 aromatic rings. The van der Waals surface area contributed by atoms with Gasteiger partial charge in [0.05, 0.1) is 105 Å². The van der Waals surface area contributed by atoms with Crippen LogP contribution in [0.25, 0.3) is 0 Å². The van der Waals surface area contributed by atoms with Crippen molar-refractivity contribution in [1.82, 2.24) is 5.32 Å². The van der Waals surface area contributed by atoms with Gasteiger partial charge in [-0.05, 0) is 30.7 Å². The maximum Gasteiger partial charge on any atom is 0.251 e. The van der Waals surface area contributed by atoms with Gasteiger partial charge < -0.3 is 79.3 Å². The van der Waals surface area contributed by atoms with Gasteiger partial charge in [-0.2, -0.15) is 0 Å². The fourth-order valence-electron chi connectivity index (χ4n) is 5.94. The molecule has 61 heavy (non-hydrogen) atoms. The molecule has 17 nitrogen and oxygen atoms in total. The first kappa shape index (κ1) is 56.9. The van der Waals surface area contributed by atoms with Gasteiger partial charge in [0.15, 0.2) is 0 Å². The monoisotopic (exact) mass is 880 g/mol. The SMILES string of the molecule is CCCCCCCCCCCCCCCCOc1ccc(C(=O)NC(COC(COCC(O)CO)COCC(O)CO)COC(COCC(O)CO)COCC(O)CO)cc1. The Labute approximate surface area is 363 Å². The van der Waals surface area contributed by atoms with Crippen molar-refractivity contribution in [2.75, 3.05) is 99.1 Å². The Morgan fingerprint density at radius 1 is 0.492 bits per heavy atom. The van der Waals surface area contributed by atoms with Crippen LogP contribution < -0.4 is 10.1 Å². The summed E-state index contributed by atoms with van der Waals surface area (Å²) in [5.74, 6) is 0.216. The molecule has 4 unspecified atom stereocenters. The molecule has 4 atom stereocenters. The van der Waals surface area contributed by atoms with E-state index in [0.717, 1.165) is 12.8 Å². The van der Waals surface area contributed by atoms with Crippen molar-refractivity contribution < 1.29 is 78.8 Å². The van der Waals surface area contributed by atoms with Crippen molar-refractivity contribution in [1.29, 1.82) is 0 Å². The van der Waals surface area contributed by atoms with Crippen LogP contribution in [0, 0.1) is 0 Å². The Morgan fingerprint density at radius 2 is 0.836 bits per heavy atom. The van der Waals surface area contributed by atoms with E-state index in [1.165, 1.54) is 77.0 Å². The fourth-order valence-corrected chi connectivity index (χ4v) is 5.94. The summed E-state index contributed by atoms with van der Waals surface area (Å²) in [6, 6.07) is 5.99. The number of carbonyl (C=O) groups is 1. The summed E-state index contributed by atoms with van der Waals surface area (Å²) in [6.45, 7) is -0.519. The molecule has 0 saturated heterocycles. The summed E-state index contributed by atoms with van der Waals surface area (Å²) in [4.78, 5) is 13.5. The van der Waals surface area contributed by atoms with Gasteiger partial charge in [-0.1, -0.05) is 90.4 Å². The molecule has 0 aliphatic rings. The smallest absolute Gasteiger partial charge is 0.251 e. The van der Waals surface area contributed by atoms with E-state index in [4.69, 9.17) is 53.6 Å². The summed E-state index contributed by atoms with van der Waals surface area (Å²) in [7, 11) is 0. The maximum atomic E-state index is 13.5. The van der Waals surface area contributed by atoms with Crippen LogP contribution in [0.3, 0.4) is 0 Å². The number of aliphatic hydroxyl groups excluding tert-OH is 8. The van der Waals surface area contributed by atoms with Crippen molar-refractivity contribution in [2.45, 2.75) is 139 Å². The topological polar surface area (TPSA) is 256 Å². The van der Waals surface area contributed by atoms with Crippen LogP contribution in [-0.2, 0) is 28.4 Å². The van der Waals surface area contributed by atoms with Crippen LogP contribution in [0.4, 0.5) is 0 Å². The van der Waals surface area contributed by atoms with Crippen LogP contribution >= 0.6 is 0 Å². The van der Waals surface area contributed by atoms with E-state index in [2.05, 4.69) is 12.2 Å². The number of amides is 1. The summed E-state index contributed by atoms with van der Waals surface area (Å²) in [5.41, 5.74) is 0.354. The van der Waals surface area contributed by atoms with Crippen LogP contribution in [0.2, 0.25) is 0 Å². The third kappa shape index (κ3) is 32.3. The highest BCUT2D eigenvalue weighted by Gasteiger charge is 2.22. The minimum absolute atomic E-state index is 0.0840. The molecule has 0 aromatic heterocycles. The summed E-state index contributed by atoms with van der Waals surface area (Å²) >= 11 is 0. The molecule has 0 heterocycles. The molecule has 17 heteroatoms. The minimum Gasteiger partial charge on any atom is -0.494 e. The van der Waals surface area contributed by atoms with Gasteiger partial charge in [-0.3, -0.25) is 4.79 Å². The molecule has 358 valence electrons. The first-order chi connectivity index (χ1) is 29.6. The second-order valence-electron chi connectivity index (χ2n) is 15.5. The molecule has 9 N–H and O–H groups in total. The number of unbranched alkanes of at least 4 members (excludes halogenated alkanes) is 13. The second kappa shape index (κ2) is 39.5. The van der Waals surface area contributed by atoms with E-state index in [-0.39, 0.29) is 66.1 Å². The van der Waals surface area contributed by atoms with Gasteiger partial charge in [0.1, 0.15) is 42.4 Å². The number of aliphatic hydroxyl groups is 8. The van der Waals surface area contributed by atoms with Crippen molar-refractivity contribution in [3.05, 3.63) is 29.8 Å². The number of hydrogen-bond acceptors (Lipinski definition) is 16. The zero-order valence-electron chi connectivity index (χ0n) is 36.7. The minimum atomic E-state index is -1.11. The number of rotatable bonds is 44. The number of ether oxygens (including phenoxy) is 7. The Bertz CT molecular complexity index is 1050. The first-order valence-electron chi connectivity index (χ1n) is 22.4. The van der Waals surface area contributed by atoms with Crippen LogP contribution in [0.15, 0.2) is 24.3 Å². The first-order valence-corrected chi connectivity index (χ1v) is 22.4. The summed E-state index contributed by atoms with van der Waals surface area (Å²) in [6.07, 6.45) is 11.9. The van der Waals surface area contributed by atoms with E-state index in [0.29, 0.717) is 17.9 Å². The van der Waals surface area contributed by atoms with E-state index < -0.39 is 75.0 Å². The number of benzene rings is 1. The van der Waals surface area contributed by atoms with E-state index in [9.17, 15) is 25.2 Å². The maximum absolute atomic E-state index is 13.5. The lowest BCUT2D eigenvalue weighted by Gasteiger charge is -2.26. The lowest BCUT2D eigenvalue weighted by atomic mass is 10.0. The van der Waals surface area contributed by atoms with Crippen molar-refractivity contribution in [3.63, 3.8) is 0 Å². The number of nitrogens with one attached hydrogen (secondary N) is 1. The van der Waals surface area contributed by atoms with Crippen LogP contribution in [-0.4, -0.2) is 189 Å². The predicted molar refractivity (Wildman–Crippen MR) is 229 cm³/mol. The van der Waals surface area contributed by atoms with E-state index >= 15 is 0 Å². The van der Waals surface area contributed by atoms with Gasteiger partial charge in [0.2, 0.25) is 0 Å². The molecule has 0 fully saturated rings. The van der Waals surface area contributed by atoms with Crippen LogP contribution in [0.5, 0.6) is 5.75 Å². The highest BCUT2D eigenvalue weighted by Crippen LogP contribution is 2.16. The molecule has 0 aliphatic carbocycles. The molecular formula is C44H81NO16. The Morgan fingerprint density at radius 3 is 1.18 bits per heavy atom. The summed E-state index contributed by atoms with van der Waals surface area (Å²) < 4.78 is 40.0. The third-order valence-electron chi connectivity index (χ3n) is 9.58. The third-order valence-corrected chi connectivity index (χ3v) is 9.58. The normalized spacial score (nSPS) is 15.2. The molecular weight excluding hydrogens is 798 g/mol. The quantitative estimate of drug-likeness (QED) is 0.0425. The lowest BCUT2D eigenvalue weighted by molar-refractivity contribution is -0.107. The average molecular weight is 880 g/mol. The van der Waals surface area contributed by atoms with Gasteiger partial charge in [0.25, 0.3) is 5.91 Å². The number of carbonyl (C=O) groups excluding carboxylic acids is 1. The van der Waals surface area contributed by atoms with Crippen molar-refractivity contribution in [2.24, 2.45) is 0 Å². The predicted octanol–water partition coefficient (Wildman–Crippen LogP) is 1.89. The molecule has 0 aliphatic heterocycles.